The fraction of sp³-hybridized carbons (Fsp3) is 0.647. The second kappa shape index (κ2) is 6.31. The van der Waals surface area contributed by atoms with Gasteiger partial charge in [-0.05, 0) is 48.0 Å². The summed E-state index contributed by atoms with van der Waals surface area (Å²) in [6, 6.07) is 3.47. The van der Waals surface area contributed by atoms with E-state index < -0.39 is 17.7 Å². The van der Waals surface area contributed by atoms with Gasteiger partial charge in [0.05, 0.1) is 6.61 Å². The molecular formula is C17H22F2N2OS. The van der Waals surface area contributed by atoms with Crippen molar-refractivity contribution in [1.82, 2.24) is 4.90 Å². The van der Waals surface area contributed by atoms with Crippen LogP contribution in [-0.2, 0) is 4.74 Å². The summed E-state index contributed by atoms with van der Waals surface area (Å²) in [5, 5.41) is 0. The maximum Gasteiger partial charge on any atom is 0.129 e. The standard InChI is InChI=1S/C17H22F2N2OS/c18-12-1-2-15(19)14(3-12)17-16(20)4-13(7-22-17)21-5-10-8-23-9-11(10)6-21/h1-3,10-11,13,16-17H,4-9,20H2/t10?,11?,13-,16+,17-/m1/s1. The minimum atomic E-state index is -0.556. The third-order valence-electron chi connectivity index (χ3n) is 5.45. The fourth-order valence-corrected chi connectivity index (χ4v) is 5.67. The zero-order valence-electron chi connectivity index (χ0n) is 13.0. The van der Waals surface area contributed by atoms with Crippen molar-refractivity contribution in [3.63, 3.8) is 0 Å². The molecule has 3 aliphatic heterocycles. The van der Waals surface area contributed by atoms with E-state index in [1.54, 1.807) is 0 Å². The van der Waals surface area contributed by atoms with Crippen LogP contribution in [0.4, 0.5) is 8.78 Å². The number of benzene rings is 1. The minimum Gasteiger partial charge on any atom is -0.370 e. The van der Waals surface area contributed by atoms with Gasteiger partial charge in [-0.2, -0.15) is 11.8 Å². The van der Waals surface area contributed by atoms with E-state index in [9.17, 15) is 8.78 Å². The summed E-state index contributed by atoms with van der Waals surface area (Å²) in [5.74, 6) is 3.22. The van der Waals surface area contributed by atoms with Crippen molar-refractivity contribution in [3.8, 4) is 0 Å². The van der Waals surface area contributed by atoms with Gasteiger partial charge in [0, 0.05) is 30.7 Å². The molecule has 0 spiro atoms. The average molecular weight is 340 g/mol. The second-order valence-electron chi connectivity index (χ2n) is 6.98. The number of likely N-dealkylation sites (tertiary alicyclic amines) is 1. The van der Waals surface area contributed by atoms with Gasteiger partial charge in [-0.1, -0.05) is 0 Å². The SMILES string of the molecule is N[C@H]1C[C@@H](N2CC3CSCC3C2)CO[C@@H]1c1cc(F)ccc1F. The molecule has 1 aromatic carbocycles. The van der Waals surface area contributed by atoms with Gasteiger partial charge < -0.3 is 10.5 Å². The van der Waals surface area contributed by atoms with Crippen LogP contribution < -0.4 is 5.73 Å². The van der Waals surface area contributed by atoms with Crippen LogP contribution in [0.2, 0.25) is 0 Å². The summed E-state index contributed by atoms with van der Waals surface area (Å²) in [6.45, 7) is 2.79. The molecule has 0 saturated carbocycles. The Morgan fingerprint density at radius 3 is 2.61 bits per heavy atom. The van der Waals surface area contributed by atoms with E-state index in [4.69, 9.17) is 10.5 Å². The first-order chi connectivity index (χ1) is 11.1. The number of nitrogens with two attached hydrogens (primary N) is 1. The van der Waals surface area contributed by atoms with Crippen LogP contribution in [-0.4, -0.2) is 48.2 Å². The first kappa shape index (κ1) is 15.8. The number of hydrogen-bond acceptors (Lipinski definition) is 4. The van der Waals surface area contributed by atoms with Crippen LogP contribution in [0.25, 0.3) is 0 Å². The molecule has 3 aliphatic rings. The Labute approximate surface area is 139 Å². The summed E-state index contributed by atoms with van der Waals surface area (Å²) in [7, 11) is 0. The van der Waals surface area contributed by atoms with Crippen LogP contribution in [0.15, 0.2) is 18.2 Å². The van der Waals surface area contributed by atoms with Gasteiger partial charge in [0.25, 0.3) is 0 Å². The summed E-state index contributed by atoms with van der Waals surface area (Å²) >= 11 is 2.06. The lowest BCUT2D eigenvalue weighted by Crippen LogP contribution is -2.49. The highest BCUT2D eigenvalue weighted by atomic mass is 32.2. The van der Waals surface area contributed by atoms with Crippen molar-refractivity contribution >= 4 is 11.8 Å². The number of ether oxygens (including phenoxy) is 1. The minimum absolute atomic E-state index is 0.241. The second-order valence-corrected chi connectivity index (χ2v) is 8.06. The molecule has 1 aromatic rings. The number of hydrogen-bond donors (Lipinski definition) is 1. The molecule has 5 atom stereocenters. The summed E-state index contributed by atoms with van der Waals surface area (Å²) < 4.78 is 33.3. The third-order valence-corrected chi connectivity index (χ3v) is 6.78. The highest BCUT2D eigenvalue weighted by Crippen LogP contribution is 2.39. The van der Waals surface area contributed by atoms with E-state index >= 15 is 0 Å². The zero-order valence-corrected chi connectivity index (χ0v) is 13.8. The van der Waals surface area contributed by atoms with Gasteiger partial charge in [-0.25, -0.2) is 8.78 Å². The molecule has 126 valence electrons. The molecule has 2 N–H and O–H groups in total. The topological polar surface area (TPSA) is 38.5 Å². The number of thioether (sulfide) groups is 1. The predicted octanol–water partition coefficient (Wildman–Crippen LogP) is 2.42. The molecule has 0 amide bonds. The van der Waals surface area contributed by atoms with Crippen LogP contribution in [0.3, 0.4) is 0 Å². The van der Waals surface area contributed by atoms with Crippen molar-refractivity contribution in [2.24, 2.45) is 17.6 Å². The first-order valence-electron chi connectivity index (χ1n) is 8.25. The molecule has 0 aliphatic carbocycles. The summed E-state index contributed by atoms with van der Waals surface area (Å²) in [5.41, 5.74) is 6.50. The lowest BCUT2D eigenvalue weighted by Gasteiger charge is -2.39. The quantitative estimate of drug-likeness (QED) is 0.897. The molecule has 6 heteroatoms. The Morgan fingerprint density at radius 2 is 1.91 bits per heavy atom. The van der Waals surface area contributed by atoms with E-state index in [1.807, 2.05) is 0 Å². The van der Waals surface area contributed by atoms with Crippen molar-refractivity contribution < 1.29 is 13.5 Å². The molecule has 2 unspecified atom stereocenters. The normalized spacial score (nSPS) is 38.0. The smallest absolute Gasteiger partial charge is 0.129 e. The van der Waals surface area contributed by atoms with Crippen LogP contribution in [0, 0.1) is 23.5 Å². The van der Waals surface area contributed by atoms with Gasteiger partial charge in [0.15, 0.2) is 0 Å². The van der Waals surface area contributed by atoms with Gasteiger partial charge in [-0.3, -0.25) is 4.90 Å². The van der Waals surface area contributed by atoms with Crippen molar-refractivity contribution in [2.45, 2.75) is 24.6 Å². The molecule has 4 rings (SSSR count). The van der Waals surface area contributed by atoms with Gasteiger partial charge in [0.2, 0.25) is 0 Å². The third kappa shape index (κ3) is 3.02. The highest BCUT2D eigenvalue weighted by molar-refractivity contribution is 7.99. The van der Waals surface area contributed by atoms with Crippen LogP contribution >= 0.6 is 11.8 Å². The average Bonchev–Trinajstić information content (AvgIpc) is 3.11. The van der Waals surface area contributed by atoms with E-state index in [1.165, 1.54) is 17.6 Å². The maximum atomic E-state index is 14.0. The fourth-order valence-electron chi connectivity index (χ4n) is 4.17. The van der Waals surface area contributed by atoms with Gasteiger partial charge in [0.1, 0.15) is 17.7 Å². The monoisotopic (exact) mass is 340 g/mol. The number of rotatable bonds is 2. The molecular weight excluding hydrogens is 318 g/mol. The molecule has 0 aromatic heterocycles. The zero-order chi connectivity index (χ0) is 16.0. The lowest BCUT2D eigenvalue weighted by molar-refractivity contribution is -0.0479. The Kier molecular flexibility index (Phi) is 4.34. The van der Waals surface area contributed by atoms with Crippen molar-refractivity contribution in [2.75, 3.05) is 31.2 Å². The van der Waals surface area contributed by atoms with E-state index in [2.05, 4.69) is 16.7 Å². The van der Waals surface area contributed by atoms with E-state index in [-0.39, 0.29) is 11.6 Å². The van der Waals surface area contributed by atoms with Crippen molar-refractivity contribution in [3.05, 3.63) is 35.4 Å². The molecule has 3 nitrogen and oxygen atoms in total. The largest absolute Gasteiger partial charge is 0.370 e. The molecule has 3 heterocycles. The van der Waals surface area contributed by atoms with E-state index in [0.29, 0.717) is 12.6 Å². The summed E-state index contributed by atoms with van der Waals surface area (Å²) in [6.07, 6.45) is 0.215. The molecule has 0 bridgehead atoms. The highest BCUT2D eigenvalue weighted by Gasteiger charge is 2.42. The van der Waals surface area contributed by atoms with Crippen LogP contribution in [0.5, 0.6) is 0 Å². The number of fused-ring (bicyclic) bond motifs is 1. The van der Waals surface area contributed by atoms with Crippen LogP contribution in [0.1, 0.15) is 18.1 Å². The first-order valence-corrected chi connectivity index (χ1v) is 9.41. The molecule has 0 radical (unpaired) electrons. The Hall–Kier alpha value is -0.690. The Bertz CT molecular complexity index is 576. The predicted molar refractivity (Wildman–Crippen MR) is 87.3 cm³/mol. The Morgan fingerprint density at radius 1 is 1.17 bits per heavy atom. The lowest BCUT2D eigenvalue weighted by atomic mass is 9.93. The molecule has 3 saturated heterocycles. The summed E-state index contributed by atoms with van der Waals surface area (Å²) in [4.78, 5) is 2.49. The molecule has 3 fully saturated rings. The molecule has 23 heavy (non-hydrogen) atoms. The Balaban J connectivity index is 1.43. The van der Waals surface area contributed by atoms with E-state index in [0.717, 1.165) is 43.5 Å². The number of nitrogens with zero attached hydrogens (tertiary/aromatic N) is 1. The number of halogens is 2. The van der Waals surface area contributed by atoms with Gasteiger partial charge >= 0.3 is 0 Å². The van der Waals surface area contributed by atoms with Crippen molar-refractivity contribution in [1.29, 1.82) is 0 Å². The van der Waals surface area contributed by atoms with Gasteiger partial charge in [-0.15, -0.1) is 0 Å². The maximum absolute atomic E-state index is 14.0.